The van der Waals surface area contributed by atoms with Crippen LogP contribution >= 0.6 is 0 Å². The van der Waals surface area contributed by atoms with Crippen molar-refractivity contribution >= 4 is 0 Å². The van der Waals surface area contributed by atoms with E-state index in [0.29, 0.717) is 0 Å². The van der Waals surface area contributed by atoms with Crippen LogP contribution in [0.3, 0.4) is 0 Å². The summed E-state index contributed by atoms with van der Waals surface area (Å²) in [6, 6.07) is 1.85. The van der Waals surface area contributed by atoms with Crippen LogP contribution in [-0.4, -0.2) is 48.6 Å². The molecule has 0 aromatic heterocycles. The van der Waals surface area contributed by atoms with Gasteiger partial charge in [-0.3, -0.25) is 0 Å². The van der Waals surface area contributed by atoms with E-state index in [-0.39, 0.29) is 0 Å². The standard InChI is InChI=1S/C15H28N2/c1-16-10-4-3-7-15(16)13-8-9-14-6-2-5-11-17(14)12-13/h13-15H,2-12H2,1H3/t13-,14?,15-/m1/s1. The lowest BCUT2D eigenvalue weighted by molar-refractivity contribution is 0.0254. The number of hydrogen-bond donors (Lipinski definition) is 0. The van der Waals surface area contributed by atoms with Crippen LogP contribution in [0, 0.1) is 5.92 Å². The molecule has 98 valence electrons. The summed E-state index contributed by atoms with van der Waals surface area (Å²) in [7, 11) is 2.35. The quantitative estimate of drug-likeness (QED) is 0.691. The Morgan fingerprint density at radius 1 is 0.824 bits per heavy atom. The molecule has 0 saturated carbocycles. The van der Waals surface area contributed by atoms with Crippen LogP contribution < -0.4 is 0 Å². The van der Waals surface area contributed by atoms with E-state index >= 15 is 0 Å². The number of fused-ring (bicyclic) bond motifs is 1. The molecule has 1 unspecified atom stereocenters. The van der Waals surface area contributed by atoms with Crippen molar-refractivity contribution in [2.75, 3.05) is 26.7 Å². The number of rotatable bonds is 1. The number of piperidine rings is 3. The van der Waals surface area contributed by atoms with Crippen LogP contribution in [0.15, 0.2) is 0 Å². The highest BCUT2D eigenvalue weighted by atomic mass is 15.2. The lowest BCUT2D eigenvalue weighted by Gasteiger charge is -2.47. The predicted octanol–water partition coefficient (Wildman–Crippen LogP) is 2.74. The average molecular weight is 236 g/mol. The van der Waals surface area contributed by atoms with Gasteiger partial charge in [0.15, 0.2) is 0 Å². The molecule has 3 fully saturated rings. The van der Waals surface area contributed by atoms with Gasteiger partial charge in [0.1, 0.15) is 0 Å². The van der Waals surface area contributed by atoms with Crippen molar-refractivity contribution < 1.29 is 0 Å². The molecule has 17 heavy (non-hydrogen) atoms. The first-order valence-electron chi connectivity index (χ1n) is 7.79. The maximum absolute atomic E-state index is 2.82. The molecule has 3 atom stereocenters. The molecule has 3 saturated heterocycles. The van der Waals surface area contributed by atoms with Gasteiger partial charge in [-0.2, -0.15) is 0 Å². The second-order valence-corrected chi connectivity index (χ2v) is 6.53. The van der Waals surface area contributed by atoms with Gasteiger partial charge in [-0.1, -0.05) is 12.8 Å². The van der Waals surface area contributed by atoms with Crippen molar-refractivity contribution in [3.05, 3.63) is 0 Å². The van der Waals surface area contributed by atoms with E-state index in [2.05, 4.69) is 16.8 Å². The highest BCUT2D eigenvalue weighted by Crippen LogP contribution is 2.34. The SMILES string of the molecule is CN1CCCC[C@@H]1[C@@H]1CCC2CCCCN2C1. The third-order valence-corrected chi connectivity index (χ3v) is 5.46. The monoisotopic (exact) mass is 236 g/mol. The molecule has 3 heterocycles. The fraction of sp³-hybridized carbons (Fsp3) is 1.00. The molecule has 0 radical (unpaired) electrons. The smallest absolute Gasteiger partial charge is 0.0133 e. The zero-order valence-corrected chi connectivity index (χ0v) is 11.4. The maximum atomic E-state index is 2.82. The summed E-state index contributed by atoms with van der Waals surface area (Å²) < 4.78 is 0. The summed E-state index contributed by atoms with van der Waals surface area (Å²) in [5.74, 6) is 0.967. The van der Waals surface area contributed by atoms with Crippen LogP contribution in [0.5, 0.6) is 0 Å². The maximum Gasteiger partial charge on any atom is 0.0133 e. The van der Waals surface area contributed by atoms with Gasteiger partial charge in [0.2, 0.25) is 0 Å². The molecular weight excluding hydrogens is 208 g/mol. The molecule has 0 aromatic carbocycles. The fourth-order valence-electron chi connectivity index (χ4n) is 4.44. The second kappa shape index (κ2) is 5.27. The summed E-state index contributed by atoms with van der Waals surface area (Å²) in [6.07, 6.45) is 11.7. The van der Waals surface area contributed by atoms with E-state index in [0.717, 1.165) is 18.0 Å². The minimum absolute atomic E-state index is 0.895. The van der Waals surface area contributed by atoms with Crippen molar-refractivity contribution in [1.29, 1.82) is 0 Å². The zero-order valence-electron chi connectivity index (χ0n) is 11.4. The van der Waals surface area contributed by atoms with Crippen molar-refractivity contribution in [1.82, 2.24) is 9.80 Å². The van der Waals surface area contributed by atoms with Crippen molar-refractivity contribution in [2.24, 2.45) is 5.92 Å². The first kappa shape index (κ1) is 12.0. The lowest BCUT2D eigenvalue weighted by Crippen LogP contribution is -2.52. The summed E-state index contributed by atoms with van der Waals surface area (Å²) in [5.41, 5.74) is 0. The van der Waals surface area contributed by atoms with E-state index < -0.39 is 0 Å². The highest BCUT2D eigenvalue weighted by molar-refractivity contribution is 4.90. The Morgan fingerprint density at radius 2 is 1.65 bits per heavy atom. The van der Waals surface area contributed by atoms with Crippen LogP contribution in [0.4, 0.5) is 0 Å². The Hall–Kier alpha value is -0.0800. The average Bonchev–Trinajstić information content (AvgIpc) is 2.39. The van der Waals surface area contributed by atoms with Crippen LogP contribution in [0.2, 0.25) is 0 Å². The molecular formula is C15H28N2. The van der Waals surface area contributed by atoms with E-state index in [9.17, 15) is 0 Å². The molecule has 2 nitrogen and oxygen atoms in total. The summed E-state index contributed by atoms with van der Waals surface area (Å²) in [4.78, 5) is 5.47. The van der Waals surface area contributed by atoms with E-state index in [4.69, 9.17) is 0 Å². The molecule has 0 N–H and O–H groups in total. The van der Waals surface area contributed by atoms with Crippen LogP contribution in [-0.2, 0) is 0 Å². The van der Waals surface area contributed by atoms with Crippen molar-refractivity contribution in [3.63, 3.8) is 0 Å². The Kier molecular flexibility index (Phi) is 3.72. The first-order chi connectivity index (χ1) is 8.34. The molecule has 3 aliphatic rings. The molecule has 2 heteroatoms. The van der Waals surface area contributed by atoms with Gasteiger partial charge >= 0.3 is 0 Å². The van der Waals surface area contributed by atoms with Crippen LogP contribution in [0.25, 0.3) is 0 Å². The van der Waals surface area contributed by atoms with Gasteiger partial charge in [0.05, 0.1) is 0 Å². The van der Waals surface area contributed by atoms with Crippen LogP contribution in [0.1, 0.15) is 51.4 Å². The predicted molar refractivity (Wildman–Crippen MR) is 72.2 cm³/mol. The molecule has 0 aromatic rings. The highest BCUT2D eigenvalue weighted by Gasteiger charge is 2.35. The second-order valence-electron chi connectivity index (χ2n) is 6.53. The molecule has 0 amide bonds. The van der Waals surface area contributed by atoms with Crippen molar-refractivity contribution in [3.8, 4) is 0 Å². The van der Waals surface area contributed by atoms with Gasteiger partial charge in [-0.15, -0.1) is 0 Å². The minimum atomic E-state index is 0.895. The fourth-order valence-corrected chi connectivity index (χ4v) is 4.44. The number of likely N-dealkylation sites (tertiary alicyclic amines) is 1. The Balaban J connectivity index is 1.60. The summed E-state index contributed by atoms with van der Waals surface area (Å²) >= 11 is 0. The third-order valence-electron chi connectivity index (χ3n) is 5.46. The molecule has 0 bridgehead atoms. The van der Waals surface area contributed by atoms with E-state index in [1.807, 2.05) is 0 Å². The van der Waals surface area contributed by atoms with E-state index in [1.165, 1.54) is 71.0 Å². The van der Waals surface area contributed by atoms with E-state index in [1.54, 1.807) is 0 Å². The molecule has 0 aliphatic carbocycles. The topological polar surface area (TPSA) is 6.48 Å². The molecule has 0 spiro atoms. The minimum Gasteiger partial charge on any atom is -0.303 e. The third kappa shape index (κ3) is 2.53. The van der Waals surface area contributed by atoms with Gasteiger partial charge in [0, 0.05) is 18.6 Å². The van der Waals surface area contributed by atoms with Gasteiger partial charge in [-0.05, 0) is 64.6 Å². The van der Waals surface area contributed by atoms with Gasteiger partial charge < -0.3 is 9.80 Å². The number of nitrogens with zero attached hydrogens (tertiary/aromatic N) is 2. The Bertz CT molecular complexity index is 253. The summed E-state index contributed by atoms with van der Waals surface area (Å²) in [6.45, 7) is 4.13. The van der Waals surface area contributed by atoms with Gasteiger partial charge in [-0.25, -0.2) is 0 Å². The lowest BCUT2D eigenvalue weighted by atomic mass is 9.81. The normalized spacial score (nSPS) is 41.1. The Morgan fingerprint density at radius 3 is 2.53 bits per heavy atom. The molecule has 3 aliphatic heterocycles. The van der Waals surface area contributed by atoms with Crippen molar-refractivity contribution in [2.45, 2.75) is 63.5 Å². The summed E-state index contributed by atoms with van der Waals surface area (Å²) in [5, 5.41) is 0. The number of hydrogen-bond acceptors (Lipinski definition) is 2. The van der Waals surface area contributed by atoms with Gasteiger partial charge in [0.25, 0.3) is 0 Å². The molecule has 3 rings (SSSR count). The zero-order chi connectivity index (χ0) is 11.7. The largest absolute Gasteiger partial charge is 0.303 e. The first-order valence-corrected chi connectivity index (χ1v) is 7.79. The Labute approximate surface area is 106 Å².